The number of carboxylic acids is 1. The van der Waals surface area contributed by atoms with Gasteiger partial charge in [-0.2, -0.15) is 0 Å². The molecule has 2 aromatic rings. The molecule has 0 spiro atoms. The zero-order valence-electron chi connectivity index (χ0n) is 9.74. The zero-order chi connectivity index (χ0) is 13.3. The lowest BCUT2D eigenvalue weighted by atomic mass is 10.0. The Hall–Kier alpha value is -2.00. The van der Waals surface area contributed by atoms with E-state index in [0.717, 1.165) is 10.8 Å². The Bertz CT molecular complexity index is 647. The molecule has 2 aromatic carbocycles. The van der Waals surface area contributed by atoms with Gasteiger partial charge in [-0.3, -0.25) is 0 Å². The molecule has 18 heavy (non-hydrogen) atoms. The van der Waals surface area contributed by atoms with Gasteiger partial charge in [0.2, 0.25) is 0 Å². The van der Waals surface area contributed by atoms with E-state index in [1.807, 2.05) is 6.07 Å². The number of rotatable bonds is 3. The Balaban J connectivity index is 2.61. The Labute approximate surface area is 109 Å². The summed E-state index contributed by atoms with van der Waals surface area (Å²) < 4.78 is 5.13. The number of aliphatic carboxylic acids is 1. The Morgan fingerprint density at radius 3 is 2.67 bits per heavy atom. The van der Waals surface area contributed by atoms with Crippen LogP contribution in [0.15, 0.2) is 36.9 Å². The van der Waals surface area contributed by atoms with Crippen molar-refractivity contribution in [3.8, 4) is 5.75 Å². The highest BCUT2D eigenvalue weighted by molar-refractivity contribution is 6.37. The van der Waals surface area contributed by atoms with Crippen LogP contribution < -0.4 is 4.74 Å². The highest BCUT2D eigenvalue weighted by Gasteiger charge is 2.10. The first-order chi connectivity index (χ1) is 8.54. The Morgan fingerprint density at radius 1 is 1.33 bits per heavy atom. The second-order valence-electron chi connectivity index (χ2n) is 3.80. The lowest BCUT2D eigenvalue weighted by Gasteiger charge is -2.08. The molecule has 0 aliphatic heterocycles. The summed E-state index contributed by atoms with van der Waals surface area (Å²) in [6, 6.07) is 8.78. The average Bonchev–Trinajstić information content (AvgIpc) is 2.37. The molecule has 92 valence electrons. The summed E-state index contributed by atoms with van der Waals surface area (Å²) >= 11 is 6.17. The molecule has 0 aliphatic rings. The van der Waals surface area contributed by atoms with Crippen molar-refractivity contribution in [2.24, 2.45) is 0 Å². The fourth-order valence-electron chi connectivity index (χ4n) is 1.74. The molecule has 0 fully saturated rings. The minimum Gasteiger partial charge on any atom is -0.495 e. The van der Waals surface area contributed by atoms with Crippen LogP contribution in [0.2, 0.25) is 5.02 Å². The van der Waals surface area contributed by atoms with Crippen LogP contribution in [-0.2, 0) is 4.79 Å². The molecule has 0 saturated heterocycles. The van der Waals surface area contributed by atoms with E-state index in [2.05, 4.69) is 6.58 Å². The van der Waals surface area contributed by atoms with Crippen molar-refractivity contribution < 1.29 is 14.6 Å². The second-order valence-corrected chi connectivity index (χ2v) is 4.18. The highest BCUT2D eigenvalue weighted by atomic mass is 35.5. The number of ether oxygens (including phenoxy) is 1. The van der Waals surface area contributed by atoms with Crippen molar-refractivity contribution in [3.63, 3.8) is 0 Å². The first-order valence-corrected chi connectivity index (χ1v) is 5.61. The molecule has 0 atom stereocenters. The zero-order valence-corrected chi connectivity index (χ0v) is 10.5. The molecule has 0 unspecified atom stereocenters. The molecule has 3 nitrogen and oxygen atoms in total. The molecule has 0 bridgehead atoms. The van der Waals surface area contributed by atoms with E-state index < -0.39 is 5.97 Å². The van der Waals surface area contributed by atoms with E-state index in [9.17, 15) is 4.79 Å². The minimum absolute atomic E-state index is 0.0591. The van der Waals surface area contributed by atoms with E-state index in [4.69, 9.17) is 21.4 Å². The maximum Gasteiger partial charge on any atom is 0.335 e. The van der Waals surface area contributed by atoms with Gasteiger partial charge in [0, 0.05) is 5.39 Å². The standard InChI is InChI=1S/C14H11ClO3/c1-8(14(16)17)9-3-5-11-10(7-9)4-6-12(18-2)13(11)15/h3-7H,1H2,2H3,(H,16,17). The number of methoxy groups -OCH3 is 1. The molecule has 0 saturated carbocycles. The van der Waals surface area contributed by atoms with Gasteiger partial charge < -0.3 is 9.84 Å². The highest BCUT2D eigenvalue weighted by Crippen LogP contribution is 2.33. The third kappa shape index (κ3) is 2.05. The van der Waals surface area contributed by atoms with Gasteiger partial charge in [0.15, 0.2) is 0 Å². The van der Waals surface area contributed by atoms with E-state index in [0.29, 0.717) is 16.3 Å². The fourth-order valence-corrected chi connectivity index (χ4v) is 2.05. The predicted molar refractivity (Wildman–Crippen MR) is 72.2 cm³/mol. The Morgan fingerprint density at radius 2 is 2.06 bits per heavy atom. The fraction of sp³-hybridized carbons (Fsp3) is 0.0714. The number of hydrogen-bond acceptors (Lipinski definition) is 2. The number of benzene rings is 2. The molecule has 0 amide bonds. The molecule has 4 heteroatoms. The number of hydrogen-bond donors (Lipinski definition) is 1. The van der Waals surface area contributed by atoms with Crippen LogP contribution in [-0.4, -0.2) is 18.2 Å². The molecule has 1 N–H and O–H groups in total. The molecule has 0 heterocycles. The smallest absolute Gasteiger partial charge is 0.335 e. The third-order valence-corrected chi connectivity index (χ3v) is 3.14. The topological polar surface area (TPSA) is 46.5 Å². The lowest BCUT2D eigenvalue weighted by molar-refractivity contribution is -0.130. The number of fused-ring (bicyclic) bond motifs is 1. The summed E-state index contributed by atoms with van der Waals surface area (Å²) in [5.41, 5.74) is 0.625. The van der Waals surface area contributed by atoms with Gasteiger partial charge >= 0.3 is 5.97 Å². The largest absolute Gasteiger partial charge is 0.495 e. The van der Waals surface area contributed by atoms with E-state index >= 15 is 0 Å². The number of carboxylic acid groups (broad SMARTS) is 1. The van der Waals surface area contributed by atoms with E-state index in [1.165, 1.54) is 0 Å². The predicted octanol–water partition coefficient (Wildman–Crippen LogP) is 3.60. The Kier molecular flexibility index (Phi) is 3.26. The molecular formula is C14H11ClO3. The normalized spacial score (nSPS) is 10.3. The van der Waals surface area contributed by atoms with Crippen LogP contribution in [0.25, 0.3) is 16.3 Å². The summed E-state index contributed by atoms with van der Waals surface area (Å²) in [5.74, 6) is -0.442. The van der Waals surface area contributed by atoms with Crippen molar-refractivity contribution in [2.75, 3.05) is 7.11 Å². The third-order valence-electron chi connectivity index (χ3n) is 2.75. The molecular weight excluding hydrogens is 252 g/mol. The summed E-state index contributed by atoms with van der Waals surface area (Å²) in [6.07, 6.45) is 0. The first-order valence-electron chi connectivity index (χ1n) is 5.23. The van der Waals surface area contributed by atoms with Gasteiger partial charge in [-0.15, -0.1) is 0 Å². The van der Waals surface area contributed by atoms with Gasteiger partial charge in [-0.1, -0.05) is 36.4 Å². The minimum atomic E-state index is -1.03. The second kappa shape index (κ2) is 4.70. The van der Waals surface area contributed by atoms with Gasteiger partial charge in [0.1, 0.15) is 5.75 Å². The van der Waals surface area contributed by atoms with Crippen molar-refractivity contribution in [1.29, 1.82) is 0 Å². The van der Waals surface area contributed by atoms with E-state index in [1.54, 1.807) is 31.4 Å². The van der Waals surface area contributed by atoms with Crippen LogP contribution in [0.1, 0.15) is 5.56 Å². The van der Waals surface area contributed by atoms with Crippen LogP contribution in [0, 0.1) is 0 Å². The van der Waals surface area contributed by atoms with Crippen LogP contribution in [0.5, 0.6) is 5.75 Å². The summed E-state index contributed by atoms with van der Waals surface area (Å²) in [4.78, 5) is 10.9. The average molecular weight is 263 g/mol. The summed E-state index contributed by atoms with van der Waals surface area (Å²) in [6.45, 7) is 3.53. The van der Waals surface area contributed by atoms with E-state index in [-0.39, 0.29) is 5.57 Å². The van der Waals surface area contributed by atoms with Gasteiger partial charge in [0.05, 0.1) is 17.7 Å². The molecule has 0 aliphatic carbocycles. The van der Waals surface area contributed by atoms with Gasteiger partial charge in [-0.25, -0.2) is 4.79 Å². The summed E-state index contributed by atoms with van der Waals surface area (Å²) in [5, 5.41) is 11.1. The van der Waals surface area contributed by atoms with Crippen molar-refractivity contribution in [1.82, 2.24) is 0 Å². The van der Waals surface area contributed by atoms with Crippen molar-refractivity contribution in [2.45, 2.75) is 0 Å². The van der Waals surface area contributed by atoms with Gasteiger partial charge in [-0.05, 0) is 23.1 Å². The number of halogens is 1. The maximum atomic E-state index is 10.9. The first kappa shape index (κ1) is 12.5. The van der Waals surface area contributed by atoms with Gasteiger partial charge in [0.25, 0.3) is 0 Å². The molecule has 2 rings (SSSR count). The monoisotopic (exact) mass is 262 g/mol. The maximum absolute atomic E-state index is 10.9. The van der Waals surface area contributed by atoms with Crippen LogP contribution >= 0.6 is 11.6 Å². The van der Waals surface area contributed by atoms with Crippen molar-refractivity contribution >= 4 is 33.9 Å². The number of carbonyl (C=O) groups is 1. The van der Waals surface area contributed by atoms with Crippen molar-refractivity contribution in [3.05, 3.63) is 47.5 Å². The lowest BCUT2D eigenvalue weighted by Crippen LogP contribution is -1.97. The molecule has 0 radical (unpaired) electrons. The quantitative estimate of drug-likeness (QED) is 0.860. The van der Waals surface area contributed by atoms with Crippen LogP contribution in [0.3, 0.4) is 0 Å². The van der Waals surface area contributed by atoms with Crippen LogP contribution in [0.4, 0.5) is 0 Å². The molecule has 0 aromatic heterocycles. The summed E-state index contributed by atoms with van der Waals surface area (Å²) in [7, 11) is 1.55. The SMILES string of the molecule is C=C(C(=O)O)c1ccc2c(Cl)c(OC)ccc2c1.